The zero-order valence-electron chi connectivity index (χ0n) is 22.2. The van der Waals surface area contributed by atoms with Gasteiger partial charge in [-0.05, 0) is 93.0 Å². The van der Waals surface area contributed by atoms with Gasteiger partial charge in [-0.2, -0.15) is 0 Å². The van der Waals surface area contributed by atoms with Crippen molar-refractivity contribution >= 4 is 38.4 Å². The van der Waals surface area contributed by atoms with E-state index in [4.69, 9.17) is 26.1 Å². The van der Waals surface area contributed by atoms with Crippen LogP contribution in [0.1, 0.15) is 35.4 Å². The Morgan fingerprint density at radius 1 is 0.947 bits per heavy atom. The number of hydrogen-bond donors (Lipinski definition) is 1. The summed E-state index contributed by atoms with van der Waals surface area (Å²) in [5.74, 6) is 0.921. The maximum atomic E-state index is 12.6. The van der Waals surface area contributed by atoms with Gasteiger partial charge in [-0.15, -0.1) is 0 Å². The summed E-state index contributed by atoms with van der Waals surface area (Å²) in [6.45, 7) is 0.720. The van der Waals surface area contributed by atoms with Crippen LogP contribution in [0.2, 0.25) is 5.02 Å². The molecule has 7 heteroatoms. The molecule has 0 aliphatic carbocycles. The van der Waals surface area contributed by atoms with Gasteiger partial charge in [-0.1, -0.05) is 51.8 Å². The highest BCUT2D eigenvalue weighted by Crippen LogP contribution is 2.44. The number of fused-ring (bicyclic) bond motifs is 1. The third kappa shape index (κ3) is 6.67. The fourth-order valence-corrected chi connectivity index (χ4v) is 5.44. The molecule has 200 valence electrons. The summed E-state index contributed by atoms with van der Waals surface area (Å²) in [6, 6.07) is 23.8. The number of pyridine rings is 1. The van der Waals surface area contributed by atoms with Gasteiger partial charge in [0.25, 0.3) is 0 Å². The van der Waals surface area contributed by atoms with Crippen LogP contribution >= 0.6 is 27.5 Å². The molecule has 0 aliphatic rings. The fourth-order valence-electron chi connectivity index (χ4n) is 4.93. The molecule has 0 saturated heterocycles. The number of methoxy groups -OCH3 is 2. The van der Waals surface area contributed by atoms with E-state index in [-0.39, 0.29) is 0 Å². The van der Waals surface area contributed by atoms with Crippen LogP contribution in [-0.2, 0) is 6.42 Å². The lowest BCUT2D eigenvalue weighted by atomic mass is 9.72. The quantitative estimate of drug-likeness (QED) is 0.200. The number of ether oxygens (including phenoxy) is 2. The topological polar surface area (TPSA) is 54.8 Å². The second-order valence-corrected chi connectivity index (χ2v) is 11.3. The summed E-state index contributed by atoms with van der Waals surface area (Å²) in [4.78, 5) is 6.94. The Bertz CT molecular complexity index is 1360. The number of hydrogen-bond acceptors (Lipinski definition) is 5. The first kappa shape index (κ1) is 28.4. The highest BCUT2D eigenvalue weighted by Gasteiger charge is 2.40. The Kier molecular flexibility index (Phi) is 9.32. The molecule has 0 spiro atoms. The Balaban J connectivity index is 1.85. The first-order chi connectivity index (χ1) is 18.2. The zero-order valence-corrected chi connectivity index (χ0v) is 24.6. The average Bonchev–Trinajstić information content (AvgIpc) is 2.92. The van der Waals surface area contributed by atoms with Gasteiger partial charge in [0.1, 0.15) is 5.75 Å². The van der Waals surface area contributed by atoms with Crippen LogP contribution in [0, 0.1) is 0 Å². The number of nitrogens with zero attached hydrogens (tertiary/aromatic N) is 2. The van der Waals surface area contributed by atoms with Crippen molar-refractivity contribution in [3.05, 3.63) is 99.0 Å². The van der Waals surface area contributed by atoms with E-state index in [0.29, 0.717) is 30.2 Å². The first-order valence-electron chi connectivity index (χ1n) is 12.6. The number of halogens is 2. The molecular weight excluding hydrogens is 564 g/mol. The Morgan fingerprint density at radius 2 is 1.66 bits per heavy atom. The van der Waals surface area contributed by atoms with E-state index < -0.39 is 11.5 Å². The summed E-state index contributed by atoms with van der Waals surface area (Å²) in [7, 11) is 7.34. The van der Waals surface area contributed by atoms with Crippen molar-refractivity contribution < 1.29 is 14.6 Å². The third-order valence-corrected chi connectivity index (χ3v) is 7.76. The van der Waals surface area contributed by atoms with Crippen LogP contribution in [0.4, 0.5) is 0 Å². The largest absolute Gasteiger partial charge is 0.497 e. The number of aryl methyl sites for hydroxylation is 1. The molecule has 1 heterocycles. The third-order valence-electron chi connectivity index (χ3n) is 7.01. The van der Waals surface area contributed by atoms with Crippen molar-refractivity contribution in [2.24, 2.45) is 0 Å². The standard InChI is InChI=1S/C31H34BrClN2O3/c1-35(2)18-17-31(36,16-15-21-5-12-26(37-3)13-6-21)29(22-7-10-25(33)11-8-22)27-20-23-19-24(32)9-14-28(23)34-30(27)38-4/h5-14,19-20,29,36H,15-18H2,1-4H3. The molecule has 1 N–H and O–H groups in total. The molecule has 2 unspecified atom stereocenters. The minimum Gasteiger partial charge on any atom is -0.497 e. The second kappa shape index (κ2) is 12.5. The van der Waals surface area contributed by atoms with Gasteiger partial charge >= 0.3 is 0 Å². The second-order valence-electron chi connectivity index (χ2n) is 9.91. The molecule has 0 radical (unpaired) electrons. The maximum absolute atomic E-state index is 12.6. The van der Waals surface area contributed by atoms with Gasteiger partial charge < -0.3 is 19.5 Å². The number of aliphatic hydroxyl groups is 1. The SMILES string of the molecule is COc1ccc(CCC(O)(CCN(C)C)C(c2ccc(Cl)cc2)c2cc3cc(Br)ccc3nc2OC)cc1. The predicted octanol–water partition coefficient (Wildman–Crippen LogP) is 7.12. The van der Waals surface area contributed by atoms with Gasteiger partial charge in [0.2, 0.25) is 5.88 Å². The minimum atomic E-state index is -1.10. The molecule has 4 aromatic rings. The summed E-state index contributed by atoms with van der Waals surface area (Å²) in [6.07, 6.45) is 1.80. The molecular formula is C31H34BrClN2O3. The average molecular weight is 598 g/mol. The molecule has 0 fully saturated rings. The van der Waals surface area contributed by atoms with E-state index in [2.05, 4.69) is 39.0 Å². The van der Waals surface area contributed by atoms with Crippen molar-refractivity contribution in [1.29, 1.82) is 0 Å². The van der Waals surface area contributed by atoms with Gasteiger partial charge in [0.05, 0.1) is 25.3 Å². The zero-order chi connectivity index (χ0) is 27.3. The van der Waals surface area contributed by atoms with Crippen molar-refractivity contribution in [3.8, 4) is 11.6 Å². The van der Waals surface area contributed by atoms with Gasteiger partial charge in [-0.3, -0.25) is 0 Å². The smallest absolute Gasteiger partial charge is 0.217 e. The molecule has 2 atom stereocenters. The molecule has 1 aromatic heterocycles. The molecule has 0 saturated carbocycles. The van der Waals surface area contributed by atoms with Gasteiger partial charge in [0.15, 0.2) is 0 Å². The fraction of sp³-hybridized carbons (Fsp3) is 0.323. The van der Waals surface area contributed by atoms with Gasteiger partial charge in [-0.25, -0.2) is 4.98 Å². The number of rotatable bonds is 11. The Labute approximate surface area is 238 Å². The Hall–Kier alpha value is -2.64. The highest BCUT2D eigenvalue weighted by atomic mass is 79.9. The van der Waals surface area contributed by atoms with Crippen LogP contribution in [0.3, 0.4) is 0 Å². The first-order valence-corrected chi connectivity index (χ1v) is 13.8. The van der Waals surface area contributed by atoms with Crippen molar-refractivity contribution in [2.75, 3.05) is 34.9 Å². The van der Waals surface area contributed by atoms with Crippen LogP contribution in [0.5, 0.6) is 11.6 Å². The number of aromatic nitrogens is 1. The molecule has 4 rings (SSSR count). The normalized spacial score (nSPS) is 13.9. The van der Waals surface area contributed by atoms with E-state index in [9.17, 15) is 5.11 Å². The van der Waals surface area contributed by atoms with Crippen LogP contribution in [0.25, 0.3) is 10.9 Å². The lowest BCUT2D eigenvalue weighted by molar-refractivity contribution is 0.000776. The van der Waals surface area contributed by atoms with E-state index in [0.717, 1.165) is 44.4 Å². The van der Waals surface area contributed by atoms with E-state index in [1.165, 1.54) is 0 Å². The molecule has 0 aliphatic heterocycles. The summed E-state index contributed by atoms with van der Waals surface area (Å²) < 4.78 is 12.1. The highest BCUT2D eigenvalue weighted by molar-refractivity contribution is 9.10. The predicted molar refractivity (Wildman–Crippen MR) is 159 cm³/mol. The van der Waals surface area contributed by atoms with E-state index in [1.54, 1.807) is 14.2 Å². The van der Waals surface area contributed by atoms with Crippen molar-refractivity contribution in [1.82, 2.24) is 9.88 Å². The summed E-state index contributed by atoms with van der Waals surface area (Å²) >= 11 is 9.86. The molecule has 38 heavy (non-hydrogen) atoms. The van der Waals surface area contributed by atoms with E-state index >= 15 is 0 Å². The molecule has 5 nitrogen and oxygen atoms in total. The monoisotopic (exact) mass is 596 g/mol. The molecule has 3 aromatic carbocycles. The van der Waals surface area contributed by atoms with Crippen molar-refractivity contribution in [2.45, 2.75) is 30.8 Å². The lowest BCUT2D eigenvalue weighted by Gasteiger charge is -2.38. The summed E-state index contributed by atoms with van der Waals surface area (Å²) in [5, 5.41) is 14.2. The van der Waals surface area contributed by atoms with Crippen LogP contribution in [0.15, 0.2) is 77.3 Å². The summed E-state index contributed by atoms with van der Waals surface area (Å²) in [5.41, 5.74) is 2.67. The maximum Gasteiger partial charge on any atom is 0.217 e. The van der Waals surface area contributed by atoms with Gasteiger partial charge in [0, 0.05) is 32.9 Å². The lowest BCUT2D eigenvalue weighted by Crippen LogP contribution is -2.40. The van der Waals surface area contributed by atoms with Crippen molar-refractivity contribution in [3.63, 3.8) is 0 Å². The van der Waals surface area contributed by atoms with E-state index in [1.807, 2.05) is 68.7 Å². The molecule has 0 amide bonds. The van der Waals surface area contributed by atoms with Crippen LogP contribution < -0.4 is 9.47 Å². The minimum absolute atomic E-state index is 0.399. The van der Waals surface area contributed by atoms with Crippen LogP contribution in [-0.4, -0.2) is 55.5 Å². The Morgan fingerprint density at radius 3 is 2.29 bits per heavy atom. The molecule has 0 bridgehead atoms. The number of benzene rings is 3.